The molecule has 3 heterocycles. The quantitative estimate of drug-likeness (QED) is 0.902. The van der Waals surface area contributed by atoms with Crippen LogP contribution < -0.4 is 10.1 Å². The van der Waals surface area contributed by atoms with Gasteiger partial charge in [0.05, 0.1) is 12.3 Å². The van der Waals surface area contributed by atoms with Crippen LogP contribution in [-0.2, 0) is 13.0 Å². The highest BCUT2D eigenvalue weighted by atomic mass is 16.5. The van der Waals surface area contributed by atoms with Crippen LogP contribution in [0, 0.1) is 5.41 Å². The van der Waals surface area contributed by atoms with Crippen molar-refractivity contribution in [1.29, 1.82) is 5.41 Å². The largest absolute Gasteiger partial charge is 0.493 e. The second kappa shape index (κ2) is 6.69. The molecule has 128 valence electrons. The van der Waals surface area contributed by atoms with E-state index in [2.05, 4.69) is 40.4 Å². The van der Waals surface area contributed by atoms with Gasteiger partial charge >= 0.3 is 0 Å². The monoisotopic (exact) mass is 334 g/mol. The van der Waals surface area contributed by atoms with Crippen LogP contribution in [0.25, 0.3) is 5.70 Å². The minimum atomic E-state index is 0.688. The summed E-state index contributed by atoms with van der Waals surface area (Å²) >= 11 is 0. The average molecular weight is 334 g/mol. The van der Waals surface area contributed by atoms with Gasteiger partial charge in [0.2, 0.25) is 0 Å². The maximum absolute atomic E-state index is 8.38. The Balaban J connectivity index is 1.69. The van der Waals surface area contributed by atoms with E-state index in [-0.39, 0.29) is 0 Å². The van der Waals surface area contributed by atoms with Gasteiger partial charge in [-0.15, -0.1) is 0 Å². The molecule has 2 aromatic rings. The highest BCUT2D eigenvalue weighted by Crippen LogP contribution is 2.30. The molecule has 25 heavy (non-hydrogen) atoms. The molecule has 2 aliphatic heterocycles. The standard InChI is InChI=1S/C20H22N4O/c1-24-12-17(18(21)13-24)20(23-11-14-3-2-7-22-10-14)16-4-5-19-15(9-16)6-8-25-19/h2-5,7,9-10,21,23H,6,8,11-13H2,1H3/b20-17-,21-18?. The summed E-state index contributed by atoms with van der Waals surface area (Å²) in [5.41, 5.74) is 6.31. The third-order valence-corrected chi connectivity index (χ3v) is 4.69. The Morgan fingerprint density at radius 3 is 3.00 bits per heavy atom. The minimum Gasteiger partial charge on any atom is -0.493 e. The highest BCUT2D eigenvalue weighted by Gasteiger charge is 2.24. The number of hydrogen-bond donors (Lipinski definition) is 2. The maximum atomic E-state index is 8.38. The normalized spacial score (nSPS) is 18.8. The number of rotatable bonds is 4. The molecule has 5 nitrogen and oxygen atoms in total. The van der Waals surface area contributed by atoms with E-state index in [9.17, 15) is 0 Å². The summed E-state index contributed by atoms with van der Waals surface area (Å²) in [7, 11) is 2.05. The molecule has 1 saturated heterocycles. The smallest absolute Gasteiger partial charge is 0.122 e. The van der Waals surface area contributed by atoms with Crippen LogP contribution in [0.3, 0.4) is 0 Å². The number of pyridine rings is 1. The van der Waals surface area contributed by atoms with Crippen molar-refractivity contribution in [2.24, 2.45) is 0 Å². The summed E-state index contributed by atoms with van der Waals surface area (Å²) in [6.45, 7) is 2.94. The molecule has 2 N–H and O–H groups in total. The summed E-state index contributed by atoms with van der Waals surface area (Å²) in [4.78, 5) is 6.35. The molecule has 1 aromatic carbocycles. The first-order valence-corrected chi connectivity index (χ1v) is 8.59. The molecule has 0 spiro atoms. The lowest BCUT2D eigenvalue weighted by molar-refractivity contribution is 0.357. The first kappa shape index (κ1) is 15.8. The van der Waals surface area contributed by atoms with Crippen molar-refractivity contribution < 1.29 is 4.74 Å². The lowest BCUT2D eigenvalue weighted by Gasteiger charge is -2.16. The predicted molar refractivity (Wildman–Crippen MR) is 98.9 cm³/mol. The number of nitrogens with one attached hydrogen (secondary N) is 2. The molecule has 0 saturated carbocycles. The number of fused-ring (bicyclic) bond motifs is 1. The molecule has 0 radical (unpaired) electrons. The Kier molecular flexibility index (Phi) is 4.24. The van der Waals surface area contributed by atoms with Crippen molar-refractivity contribution in [2.45, 2.75) is 13.0 Å². The first-order chi connectivity index (χ1) is 12.2. The number of aromatic nitrogens is 1. The van der Waals surface area contributed by atoms with Crippen LogP contribution in [0.2, 0.25) is 0 Å². The lowest BCUT2D eigenvalue weighted by Crippen LogP contribution is -2.17. The third kappa shape index (κ3) is 3.28. The van der Waals surface area contributed by atoms with Gasteiger partial charge in [-0.05, 0) is 48.0 Å². The van der Waals surface area contributed by atoms with Crippen molar-refractivity contribution in [2.75, 3.05) is 26.7 Å². The predicted octanol–water partition coefficient (Wildman–Crippen LogP) is 2.48. The van der Waals surface area contributed by atoms with Gasteiger partial charge in [0.15, 0.2) is 0 Å². The summed E-state index contributed by atoms with van der Waals surface area (Å²) < 4.78 is 5.63. The first-order valence-electron chi connectivity index (χ1n) is 8.59. The minimum absolute atomic E-state index is 0.688. The lowest BCUT2D eigenvalue weighted by atomic mass is 10.0. The molecule has 0 amide bonds. The van der Waals surface area contributed by atoms with Crippen LogP contribution >= 0.6 is 0 Å². The van der Waals surface area contributed by atoms with Crippen molar-refractivity contribution >= 4 is 11.4 Å². The number of likely N-dealkylation sites (N-methyl/N-ethyl adjacent to an activating group) is 1. The van der Waals surface area contributed by atoms with E-state index in [1.807, 2.05) is 18.3 Å². The van der Waals surface area contributed by atoms with Crippen LogP contribution in [0.4, 0.5) is 0 Å². The van der Waals surface area contributed by atoms with Gasteiger partial charge in [-0.3, -0.25) is 9.88 Å². The number of benzene rings is 1. The third-order valence-electron chi connectivity index (χ3n) is 4.69. The van der Waals surface area contributed by atoms with Gasteiger partial charge < -0.3 is 15.5 Å². The Morgan fingerprint density at radius 1 is 1.32 bits per heavy atom. The zero-order valence-corrected chi connectivity index (χ0v) is 14.4. The van der Waals surface area contributed by atoms with E-state index in [1.165, 1.54) is 5.56 Å². The fourth-order valence-corrected chi connectivity index (χ4v) is 3.43. The highest BCUT2D eigenvalue weighted by molar-refractivity contribution is 6.07. The van der Waals surface area contributed by atoms with Gasteiger partial charge in [-0.1, -0.05) is 6.07 Å². The molecular formula is C20H22N4O. The second-order valence-corrected chi connectivity index (χ2v) is 6.64. The zero-order valence-electron chi connectivity index (χ0n) is 14.4. The summed E-state index contributed by atoms with van der Waals surface area (Å²) in [6.07, 6.45) is 4.61. The van der Waals surface area contributed by atoms with Crippen LogP contribution in [0.15, 0.2) is 48.3 Å². The van der Waals surface area contributed by atoms with E-state index >= 15 is 0 Å². The van der Waals surface area contributed by atoms with E-state index in [0.717, 1.165) is 47.7 Å². The summed E-state index contributed by atoms with van der Waals surface area (Å²) in [5.74, 6) is 0.985. The van der Waals surface area contributed by atoms with Crippen molar-refractivity contribution in [1.82, 2.24) is 15.2 Å². The molecule has 1 aromatic heterocycles. The Bertz CT molecular complexity index is 829. The molecule has 0 atom stereocenters. The molecule has 0 bridgehead atoms. The number of nitrogens with zero attached hydrogens (tertiary/aromatic N) is 2. The average Bonchev–Trinajstić information content (AvgIpc) is 3.22. The number of ether oxygens (including phenoxy) is 1. The fourth-order valence-electron chi connectivity index (χ4n) is 3.43. The molecule has 4 rings (SSSR count). The van der Waals surface area contributed by atoms with Crippen LogP contribution in [0.5, 0.6) is 5.75 Å². The maximum Gasteiger partial charge on any atom is 0.122 e. The molecular weight excluding hydrogens is 312 g/mol. The SMILES string of the molecule is CN1CC(=N)/C(=C(\NCc2cccnc2)c2ccc3c(c2)CCO3)C1. The summed E-state index contributed by atoms with van der Waals surface area (Å²) in [6, 6.07) is 10.3. The summed E-state index contributed by atoms with van der Waals surface area (Å²) in [5, 5.41) is 11.9. The second-order valence-electron chi connectivity index (χ2n) is 6.64. The van der Waals surface area contributed by atoms with E-state index in [1.54, 1.807) is 6.20 Å². The molecule has 1 fully saturated rings. The van der Waals surface area contributed by atoms with Gasteiger partial charge in [0.1, 0.15) is 5.75 Å². The Labute approximate surface area is 147 Å². The molecule has 5 heteroatoms. The van der Waals surface area contributed by atoms with Gasteiger partial charge in [0.25, 0.3) is 0 Å². The number of likely N-dealkylation sites (tertiary alicyclic amines) is 1. The molecule has 2 aliphatic rings. The van der Waals surface area contributed by atoms with E-state index < -0.39 is 0 Å². The zero-order chi connectivity index (χ0) is 17.2. The molecule has 0 aliphatic carbocycles. The Hall–Kier alpha value is -2.66. The fraction of sp³-hybridized carbons (Fsp3) is 0.300. The topological polar surface area (TPSA) is 61.2 Å². The van der Waals surface area contributed by atoms with Crippen LogP contribution in [-0.4, -0.2) is 42.3 Å². The van der Waals surface area contributed by atoms with Gasteiger partial charge in [-0.2, -0.15) is 0 Å². The van der Waals surface area contributed by atoms with Crippen molar-refractivity contribution in [3.8, 4) is 5.75 Å². The van der Waals surface area contributed by atoms with Crippen LogP contribution in [0.1, 0.15) is 16.7 Å². The van der Waals surface area contributed by atoms with Gasteiger partial charge in [-0.25, -0.2) is 0 Å². The van der Waals surface area contributed by atoms with Gasteiger partial charge in [0, 0.05) is 49.7 Å². The molecule has 0 unspecified atom stereocenters. The van der Waals surface area contributed by atoms with Crippen molar-refractivity contribution in [3.63, 3.8) is 0 Å². The van der Waals surface area contributed by atoms with E-state index in [0.29, 0.717) is 18.8 Å². The van der Waals surface area contributed by atoms with Crippen molar-refractivity contribution in [3.05, 3.63) is 65.0 Å². The number of hydrogen-bond acceptors (Lipinski definition) is 5. The van der Waals surface area contributed by atoms with E-state index in [4.69, 9.17) is 10.1 Å². The Morgan fingerprint density at radius 2 is 2.24 bits per heavy atom.